The Morgan fingerprint density at radius 1 is 0.966 bits per heavy atom. The molecule has 2 nitrogen and oxygen atoms in total. The summed E-state index contributed by atoms with van der Waals surface area (Å²) in [6, 6.07) is 3.34. The van der Waals surface area contributed by atoms with Crippen LogP contribution >= 0.6 is 0 Å². The molecule has 3 rings (SSSR count). The summed E-state index contributed by atoms with van der Waals surface area (Å²) in [5.74, 6) is 3.25. The number of hydrogen-bond donors (Lipinski definition) is 0. The number of carbonyl (C=O) groups excluding carboxylic acids is 1. The quantitative estimate of drug-likeness (QED) is 0.420. The number of ketones is 1. The van der Waals surface area contributed by atoms with Crippen LogP contribution < -0.4 is 4.74 Å². The van der Waals surface area contributed by atoms with Gasteiger partial charge >= 0.3 is 0 Å². The van der Waals surface area contributed by atoms with Crippen molar-refractivity contribution >= 4 is 5.78 Å². The lowest BCUT2D eigenvalue weighted by atomic mass is 9.69. The van der Waals surface area contributed by atoms with Gasteiger partial charge in [0.2, 0.25) is 0 Å². The molecule has 0 atom stereocenters. The van der Waals surface area contributed by atoms with Gasteiger partial charge in [0.05, 0.1) is 6.61 Å². The Morgan fingerprint density at radius 2 is 1.55 bits per heavy atom. The second-order valence-electron chi connectivity index (χ2n) is 9.49. The number of benzene rings is 1. The Hall–Kier alpha value is -1.38. The van der Waals surface area contributed by atoms with Crippen LogP contribution in [0, 0.1) is 36.4 Å². The molecule has 3 heteroatoms. The predicted octanol–water partition coefficient (Wildman–Crippen LogP) is 7.52. The second-order valence-corrected chi connectivity index (χ2v) is 9.49. The molecule has 2 saturated carbocycles. The number of Topliss-reactive ketones (excluding diaryl/α,β-unsaturated/α-hetero) is 1. The lowest BCUT2D eigenvalue weighted by molar-refractivity contribution is 0.0986. The SMILES string of the molecule is CCCC1CCC(C2CCC(COc3ccc(C(=O)CC)c(C)c3F)CC2)CC1. The molecule has 0 heterocycles. The lowest BCUT2D eigenvalue weighted by Crippen LogP contribution is -2.27. The van der Waals surface area contributed by atoms with E-state index in [-0.39, 0.29) is 11.6 Å². The number of rotatable bonds is 8. The minimum absolute atomic E-state index is 0.0185. The summed E-state index contributed by atoms with van der Waals surface area (Å²) < 4.78 is 20.5. The highest BCUT2D eigenvalue weighted by atomic mass is 19.1. The highest BCUT2D eigenvalue weighted by Gasteiger charge is 2.31. The minimum Gasteiger partial charge on any atom is -0.490 e. The zero-order valence-electron chi connectivity index (χ0n) is 18.6. The largest absolute Gasteiger partial charge is 0.490 e. The lowest BCUT2D eigenvalue weighted by Gasteiger charge is -2.37. The minimum atomic E-state index is -0.373. The van der Waals surface area contributed by atoms with Crippen LogP contribution in [0.4, 0.5) is 4.39 Å². The molecule has 29 heavy (non-hydrogen) atoms. The number of hydrogen-bond acceptors (Lipinski definition) is 2. The van der Waals surface area contributed by atoms with Crippen LogP contribution in [0.2, 0.25) is 0 Å². The maximum Gasteiger partial charge on any atom is 0.168 e. The van der Waals surface area contributed by atoms with Gasteiger partial charge in [-0.05, 0) is 86.8 Å². The van der Waals surface area contributed by atoms with E-state index in [1.165, 1.54) is 64.2 Å². The molecule has 162 valence electrons. The van der Waals surface area contributed by atoms with E-state index in [1.54, 1.807) is 26.0 Å². The Balaban J connectivity index is 1.45. The number of ether oxygens (including phenoxy) is 1. The van der Waals surface area contributed by atoms with Crippen molar-refractivity contribution in [3.63, 3.8) is 0 Å². The van der Waals surface area contributed by atoms with Crippen molar-refractivity contribution in [2.45, 2.75) is 91.4 Å². The van der Waals surface area contributed by atoms with E-state index < -0.39 is 0 Å². The molecule has 0 amide bonds. The summed E-state index contributed by atoms with van der Waals surface area (Å²) in [5.41, 5.74) is 0.892. The van der Waals surface area contributed by atoms with Crippen molar-refractivity contribution in [2.75, 3.05) is 6.61 Å². The molecule has 0 radical (unpaired) electrons. The molecule has 1 aromatic carbocycles. The van der Waals surface area contributed by atoms with Gasteiger partial charge in [-0.1, -0.05) is 39.5 Å². The highest BCUT2D eigenvalue weighted by Crippen LogP contribution is 2.42. The molecule has 0 unspecified atom stereocenters. The van der Waals surface area contributed by atoms with E-state index in [9.17, 15) is 9.18 Å². The van der Waals surface area contributed by atoms with Gasteiger partial charge < -0.3 is 4.74 Å². The fourth-order valence-electron chi connectivity index (χ4n) is 5.65. The molecule has 0 N–H and O–H groups in total. The first-order valence-electron chi connectivity index (χ1n) is 12.0. The predicted molar refractivity (Wildman–Crippen MR) is 117 cm³/mol. The van der Waals surface area contributed by atoms with Crippen LogP contribution in [-0.4, -0.2) is 12.4 Å². The molecule has 2 fully saturated rings. The standard InChI is InChI=1S/C26H39FO2/c1-4-6-19-7-11-21(12-8-19)22-13-9-20(10-14-22)17-29-25-16-15-23(24(28)5-2)18(3)26(25)27/h15-16,19-22H,4-14,17H2,1-3H3. The summed E-state index contributed by atoms with van der Waals surface area (Å²) >= 11 is 0. The number of carbonyl (C=O) groups is 1. The molecule has 0 bridgehead atoms. The van der Waals surface area contributed by atoms with Gasteiger partial charge in [-0.25, -0.2) is 4.39 Å². The Kier molecular flexibility index (Phi) is 8.15. The van der Waals surface area contributed by atoms with E-state index in [1.807, 2.05) is 0 Å². The summed E-state index contributed by atoms with van der Waals surface area (Å²) in [5, 5.41) is 0. The fraction of sp³-hybridized carbons (Fsp3) is 0.731. The molecule has 0 spiro atoms. The van der Waals surface area contributed by atoms with Crippen molar-refractivity contribution in [1.82, 2.24) is 0 Å². The third kappa shape index (κ3) is 5.61. The van der Waals surface area contributed by atoms with Crippen LogP contribution in [0.1, 0.15) is 100 Å². The van der Waals surface area contributed by atoms with E-state index in [0.29, 0.717) is 35.8 Å². The Bertz CT molecular complexity index is 668. The molecule has 0 aromatic heterocycles. The van der Waals surface area contributed by atoms with Crippen LogP contribution in [0.5, 0.6) is 5.75 Å². The molecular weight excluding hydrogens is 363 g/mol. The van der Waals surface area contributed by atoms with Crippen LogP contribution in [-0.2, 0) is 0 Å². The average molecular weight is 403 g/mol. The maximum absolute atomic E-state index is 14.6. The van der Waals surface area contributed by atoms with Crippen LogP contribution in [0.25, 0.3) is 0 Å². The Labute approximate surface area is 176 Å². The zero-order valence-corrected chi connectivity index (χ0v) is 18.6. The van der Waals surface area contributed by atoms with Gasteiger partial charge in [-0.2, -0.15) is 0 Å². The van der Waals surface area contributed by atoms with E-state index >= 15 is 0 Å². The smallest absolute Gasteiger partial charge is 0.168 e. The summed E-state index contributed by atoms with van der Waals surface area (Å²) in [4.78, 5) is 11.9. The van der Waals surface area contributed by atoms with Crippen LogP contribution in [0.15, 0.2) is 12.1 Å². The summed E-state index contributed by atoms with van der Waals surface area (Å²) in [7, 11) is 0. The molecule has 2 aliphatic rings. The van der Waals surface area contributed by atoms with Crippen molar-refractivity contribution < 1.29 is 13.9 Å². The molecule has 0 saturated heterocycles. The molecule has 2 aliphatic carbocycles. The Morgan fingerprint density at radius 3 is 2.10 bits per heavy atom. The van der Waals surface area contributed by atoms with Crippen LogP contribution in [0.3, 0.4) is 0 Å². The topological polar surface area (TPSA) is 26.3 Å². The summed E-state index contributed by atoms with van der Waals surface area (Å²) in [6.45, 7) is 6.37. The fourth-order valence-corrected chi connectivity index (χ4v) is 5.65. The highest BCUT2D eigenvalue weighted by molar-refractivity contribution is 5.97. The van der Waals surface area contributed by atoms with Gasteiger partial charge in [0.25, 0.3) is 0 Å². The van der Waals surface area contributed by atoms with Crippen molar-refractivity contribution in [3.8, 4) is 5.75 Å². The third-order valence-corrected chi connectivity index (χ3v) is 7.59. The maximum atomic E-state index is 14.6. The normalized spacial score (nSPS) is 27.6. The molecule has 0 aliphatic heterocycles. The molecular formula is C26H39FO2. The zero-order chi connectivity index (χ0) is 20.8. The molecule has 1 aromatic rings. The monoisotopic (exact) mass is 402 g/mol. The van der Waals surface area contributed by atoms with Gasteiger partial charge in [0.15, 0.2) is 17.3 Å². The first kappa shape index (κ1) is 22.3. The first-order chi connectivity index (χ1) is 14.0. The van der Waals surface area contributed by atoms with Gasteiger partial charge in [-0.3, -0.25) is 4.79 Å². The summed E-state index contributed by atoms with van der Waals surface area (Å²) in [6.07, 6.45) is 13.9. The van der Waals surface area contributed by atoms with Gasteiger partial charge in [0.1, 0.15) is 0 Å². The third-order valence-electron chi connectivity index (χ3n) is 7.59. The van der Waals surface area contributed by atoms with E-state index in [4.69, 9.17) is 4.74 Å². The van der Waals surface area contributed by atoms with Crippen molar-refractivity contribution in [1.29, 1.82) is 0 Å². The van der Waals surface area contributed by atoms with Crippen molar-refractivity contribution in [2.24, 2.45) is 23.7 Å². The number of halogens is 1. The first-order valence-corrected chi connectivity index (χ1v) is 12.0. The van der Waals surface area contributed by atoms with E-state index in [2.05, 4.69) is 6.92 Å². The van der Waals surface area contributed by atoms with Gasteiger partial charge in [0, 0.05) is 12.0 Å². The second kappa shape index (κ2) is 10.6. The van der Waals surface area contributed by atoms with Gasteiger partial charge in [-0.15, -0.1) is 0 Å². The van der Waals surface area contributed by atoms with E-state index in [0.717, 1.165) is 17.8 Å². The average Bonchev–Trinajstić information content (AvgIpc) is 2.75. The van der Waals surface area contributed by atoms with Crippen molar-refractivity contribution in [3.05, 3.63) is 29.1 Å².